The Labute approximate surface area is 255 Å². The first-order chi connectivity index (χ1) is 20.8. The number of ether oxygens (including phenoxy) is 3. The molecule has 1 N–H and O–H groups in total. The van der Waals surface area contributed by atoms with Crippen molar-refractivity contribution in [3.05, 3.63) is 89.5 Å². The number of piperidine rings is 1. The Morgan fingerprint density at radius 3 is 2.44 bits per heavy atom. The minimum absolute atomic E-state index is 0.125. The molecule has 8 nitrogen and oxygen atoms in total. The van der Waals surface area contributed by atoms with Crippen molar-refractivity contribution in [2.24, 2.45) is 0 Å². The monoisotopic (exact) mass is 606 g/mol. The SMILES string of the molecule is COC(=O)C1(S(=O)(=O)N2CCC(c3ccc(-c4cccc(OCCNCc5ccccc5)c4)c(C)c3)CC2)CCOCC1. The van der Waals surface area contributed by atoms with Crippen LogP contribution in [0, 0.1) is 6.92 Å². The molecular formula is C34H42N2O6S. The van der Waals surface area contributed by atoms with E-state index in [0.29, 0.717) is 32.5 Å². The Balaban J connectivity index is 1.18. The van der Waals surface area contributed by atoms with Crippen LogP contribution in [0.2, 0.25) is 0 Å². The van der Waals surface area contributed by atoms with Crippen LogP contribution < -0.4 is 10.1 Å². The highest BCUT2D eigenvalue weighted by Crippen LogP contribution is 2.38. The summed E-state index contributed by atoms with van der Waals surface area (Å²) in [5.41, 5.74) is 5.88. The molecule has 5 rings (SSSR count). The average molecular weight is 607 g/mol. The van der Waals surface area contributed by atoms with Crippen LogP contribution in [0.5, 0.6) is 5.75 Å². The molecule has 3 aromatic carbocycles. The van der Waals surface area contributed by atoms with E-state index in [2.05, 4.69) is 54.7 Å². The lowest BCUT2D eigenvalue weighted by Crippen LogP contribution is -2.57. The maximum absolute atomic E-state index is 13.7. The van der Waals surface area contributed by atoms with Crippen molar-refractivity contribution in [1.29, 1.82) is 0 Å². The van der Waals surface area contributed by atoms with Crippen molar-refractivity contribution in [2.45, 2.75) is 49.8 Å². The van der Waals surface area contributed by atoms with Gasteiger partial charge in [-0.15, -0.1) is 0 Å². The van der Waals surface area contributed by atoms with E-state index < -0.39 is 20.7 Å². The molecule has 43 heavy (non-hydrogen) atoms. The van der Waals surface area contributed by atoms with Crippen LogP contribution in [0.15, 0.2) is 72.8 Å². The quantitative estimate of drug-likeness (QED) is 0.241. The number of hydrogen-bond acceptors (Lipinski definition) is 7. The number of carbonyl (C=O) groups is 1. The first kappa shape index (κ1) is 31.2. The minimum atomic E-state index is -3.88. The Morgan fingerprint density at radius 1 is 1.00 bits per heavy atom. The fourth-order valence-electron chi connectivity index (χ4n) is 6.22. The number of benzene rings is 3. The highest BCUT2D eigenvalue weighted by molar-refractivity contribution is 7.91. The van der Waals surface area contributed by atoms with E-state index in [1.807, 2.05) is 30.3 Å². The molecule has 0 amide bonds. The second-order valence-electron chi connectivity index (χ2n) is 11.4. The molecule has 0 atom stereocenters. The van der Waals surface area contributed by atoms with Gasteiger partial charge in [0.25, 0.3) is 0 Å². The van der Waals surface area contributed by atoms with Crippen LogP contribution in [0.3, 0.4) is 0 Å². The van der Waals surface area contributed by atoms with Gasteiger partial charge >= 0.3 is 5.97 Å². The van der Waals surface area contributed by atoms with Crippen molar-refractivity contribution in [3.8, 4) is 16.9 Å². The summed E-state index contributed by atoms with van der Waals surface area (Å²) in [6.45, 7) is 5.50. The number of sulfonamides is 1. The van der Waals surface area contributed by atoms with E-state index >= 15 is 0 Å². The second kappa shape index (κ2) is 14.0. The maximum Gasteiger partial charge on any atom is 0.328 e. The number of aryl methyl sites for hydroxylation is 1. The van der Waals surface area contributed by atoms with Gasteiger partial charge in [-0.25, -0.2) is 12.7 Å². The molecule has 0 radical (unpaired) electrons. The number of nitrogens with one attached hydrogen (secondary N) is 1. The molecule has 2 saturated heterocycles. The number of rotatable bonds is 11. The lowest BCUT2D eigenvalue weighted by atomic mass is 9.87. The Bertz CT molecular complexity index is 1480. The van der Waals surface area contributed by atoms with Crippen LogP contribution >= 0.6 is 0 Å². The highest BCUT2D eigenvalue weighted by atomic mass is 32.2. The zero-order valence-corrected chi connectivity index (χ0v) is 25.9. The van der Waals surface area contributed by atoms with Gasteiger partial charge in [-0.2, -0.15) is 0 Å². The van der Waals surface area contributed by atoms with Gasteiger partial charge in [-0.05, 0) is 65.6 Å². The molecule has 0 bridgehead atoms. The highest BCUT2D eigenvalue weighted by Gasteiger charge is 2.55. The van der Waals surface area contributed by atoms with E-state index in [1.54, 1.807) is 0 Å². The molecule has 9 heteroatoms. The number of esters is 1. The zero-order chi connectivity index (χ0) is 30.3. The van der Waals surface area contributed by atoms with Crippen molar-refractivity contribution in [2.75, 3.05) is 46.6 Å². The van der Waals surface area contributed by atoms with Gasteiger partial charge in [0, 0.05) is 52.2 Å². The molecule has 230 valence electrons. The predicted octanol–water partition coefficient (Wildman–Crippen LogP) is 5.06. The molecule has 2 aliphatic heterocycles. The van der Waals surface area contributed by atoms with Crippen LogP contribution in [-0.2, 0) is 30.8 Å². The number of carbonyl (C=O) groups excluding carboxylic acids is 1. The fourth-order valence-corrected chi connectivity index (χ4v) is 8.38. The summed E-state index contributed by atoms with van der Waals surface area (Å²) < 4.78 is 43.7. The van der Waals surface area contributed by atoms with Crippen LogP contribution in [0.4, 0.5) is 0 Å². The van der Waals surface area contributed by atoms with E-state index in [1.165, 1.54) is 28.1 Å². The van der Waals surface area contributed by atoms with E-state index in [4.69, 9.17) is 14.2 Å². The van der Waals surface area contributed by atoms with Gasteiger partial charge in [0.1, 0.15) is 12.4 Å². The molecule has 3 aromatic rings. The molecule has 0 saturated carbocycles. The molecular weight excluding hydrogens is 564 g/mol. The van der Waals surface area contributed by atoms with E-state index in [-0.39, 0.29) is 32.0 Å². The Hall–Kier alpha value is -3.24. The lowest BCUT2D eigenvalue weighted by molar-refractivity contribution is -0.146. The van der Waals surface area contributed by atoms with Crippen LogP contribution in [-0.4, -0.2) is 70.0 Å². The Morgan fingerprint density at radius 2 is 1.74 bits per heavy atom. The molecule has 0 aliphatic carbocycles. The number of hydrogen-bond donors (Lipinski definition) is 1. The van der Waals surface area contributed by atoms with Crippen LogP contribution in [0.1, 0.15) is 48.3 Å². The van der Waals surface area contributed by atoms with Crippen molar-refractivity contribution < 1.29 is 27.4 Å². The standard InChI is InChI=1S/C34H42N2O6S/c1-26-23-29(28-13-18-36(19-14-28)43(38,39)34(33(37)40-2)15-20-41-21-16-34)11-12-32(26)30-9-6-10-31(24-30)42-22-17-35-25-27-7-4-3-5-8-27/h3-12,23-24,28,35H,13-22,25H2,1-2H3. The first-order valence-corrected chi connectivity index (χ1v) is 16.5. The third-order valence-corrected chi connectivity index (χ3v) is 11.3. The molecule has 0 spiro atoms. The van der Waals surface area contributed by atoms with Crippen molar-refractivity contribution >= 4 is 16.0 Å². The van der Waals surface area contributed by atoms with Crippen molar-refractivity contribution in [3.63, 3.8) is 0 Å². The molecule has 2 heterocycles. The van der Waals surface area contributed by atoms with Gasteiger partial charge in [-0.3, -0.25) is 4.79 Å². The number of methoxy groups -OCH3 is 1. The van der Waals surface area contributed by atoms with Gasteiger partial charge in [-0.1, -0.05) is 60.7 Å². The minimum Gasteiger partial charge on any atom is -0.492 e. The van der Waals surface area contributed by atoms with Crippen LogP contribution in [0.25, 0.3) is 11.1 Å². The summed E-state index contributed by atoms with van der Waals surface area (Å²) in [4.78, 5) is 12.7. The molecule has 0 unspecified atom stereocenters. The predicted molar refractivity (Wildman–Crippen MR) is 168 cm³/mol. The first-order valence-electron chi connectivity index (χ1n) is 15.1. The van der Waals surface area contributed by atoms with Gasteiger partial charge in [0.05, 0.1) is 7.11 Å². The lowest BCUT2D eigenvalue weighted by Gasteiger charge is -2.40. The smallest absolute Gasteiger partial charge is 0.328 e. The maximum atomic E-state index is 13.7. The normalized spacial score (nSPS) is 17.8. The average Bonchev–Trinajstić information content (AvgIpc) is 3.05. The van der Waals surface area contributed by atoms with Gasteiger partial charge < -0.3 is 19.5 Å². The van der Waals surface area contributed by atoms with Crippen molar-refractivity contribution in [1.82, 2.24) is 9.62 Å². The van der Waals surface area contributed by atoms with E-state index in [0.717, 1.165) is 30.0 Å². The summed E-state index contributed by atoms with van der Waals surface area (Å²) in [7, 11) is -2.63. The molecule has 2 aliphatic rings. The topological polar surface area (TPSA) is 94.2 Å². The van der Waals surface area contributed by atoms with Gasteiger partial charge in [0.15, 0.2) is 4.75 Å². The summed E-state index contributed by atoms with van der Waals surface area (Å²) in [5.74, 6) is 0.407. The summed E-state index contributed by atoms with van der Waals surface area (Å²) in [5, 5.41) is 3.41. The summed E-state index contributed by atoms with van der Waals surface area (Å²) >= 11 is 0. The second-order valence-corrected chi connectivity index (χ2v) is 13.6. The third kappa shape index (κ3) is 6.96. The number of nitrogens with zero attached hydrogens (tertiary/aromatic N) is 1. The molecule has 0 aromatic heterocycles. The molecule has 2 fully saturated rings. The van der Waals surface area contributed by atoms with Gasteiger partial charge in [0.2, 0.25) is 10.0 Å². The summed E-state index contributed by atoms with van der Waals surface area (Å²) in [6, 6.07) is 25.0. The van der Waals surface area contributed by atoms with E-state index in [9.17, 15) is 13.2 Å². The third-order valence-electron chi connectivity index (χ3n) is 8.73. The zero-order valence-electron chi connectivity index (χ0n) is 25.1. The summed E-state index contributed by atoms with van der Waals surface area (Å²) in [6.07, 6.45) is 1.65. The Kier molecular flexibility index (Phi) is 10.2. The largest absolute Gasteiger partial charge is 0.492 e. The fraction of sp³-hybridized carbons (Fsp3) is 0.441.